The molecular weight excluding hydrogens is 514 g/mol. The van der Waals surface area contributed by atoms with Gasteiger partial charge in [-0.1, -0.05) is 29.8 Å². The number of fused-ring (bicyclic) bond motifs is 1. The second-order valence-electron chi connectivity index (χ2n) is 9.26. The van der Waals surface area contributed by atoms with Gasteiger partial charge in [0.25, 0.3) is 5.91 Å². The fourth-order valence-electron chi connectivity index (χ4n) is 4.59. The third-order valence-corrected chi connectivity index (χ3v) is 7.78. The monoisotopic (exact) mass is 541 g/mol. The van der Waals surface area contributed by atoms with Gasteiger partial charge in [0.15, 0.2) is 0 Å². The molecule has 11 heteroatoms. The van der Waals surface area contributed by atoms with E-state index in [9.17, 15) is 14.7 Å². The number of nitrogens with one attached hydrogen (secondary N) is 2. The average Bonchev–Trinajstić information content (AvgIpc) is 3.53. The Kier molecular flexibility index (Phi) is 7.71. The highest BCUT2D eigenvalue weighted by Crippen LogP contribution is 2.32. The summed E-state index contributed by atoms with van der Waals surface area (Å²) in [4.78, 5) is 37.3. The van der Waals surface area contributed by atoms with E-state index in [-0.39, 0.29) is 24.4 Å². The van der Waals surface area contributed by atoms with Gasteiger partial charge in [0.2, 0.25) is 11.9 Å². The lowest BCUT2D eigenvalue weighted by molar-refractivity contribution is -0.123. The Morgan fingerprint density at radius 2 is 2.14 bits per heavy atom. The number of nitrogens with zero attached hydrogens (tertiary/aromatic N) is 3. The van der Waals surface area contributed by atoms with E-state index in [1.807, 2.05) is 29.6 Å². The molecule has 0 unspecified atom stereocenters. The quantitative estimate of drug-likeness (QED) is 0.398. The normalized spacial score (nSPS) is 17.4. The number of anilines is 1. The minimum atomic E-state index is -0.764. The van der Waals surface area contributed by atoms with Gasteiger partial charge in [-0.3, -0.25) is 9.59 Å². The molecule has 2 aromatic heterocycles. The van der Waals surface area contributed by atoms with Crippen molar-refractivity contribution in [1.82, 2.24) is 20.2 Å². The van der Waals surface area contributed by atoms with E-state index in [0.717, 1.165) is 23.3 Å². The number of ether oxygens (including phenoxy) is 1. The third kappa shape index (κ3) is 5.77. The zero-order chi connectivity index (χ0) is 25.9. The first-order chi connectivity index (χ1) is 17.9. The van der Waals surface area contributed by atoms with E-state index >= 15 is 0 Å². The molecule has 0 aliphatic carbocycles. The maximum absolute atomic E-state index is 13.2. The Labute approximate surface area is 223 Å². The SMILES string of the molecule is C[C@H](O)[C@@H](NC(=O)CN1Cc2ccc(-c3nc(NC4CCOCC4)ncc3Cl)cc2C1=O)c1cccs1. The number of aromatic nitrogens is 2. The third-order valence-electron chi connectivity index (χ3n) is 6.54. The van der Waals surface area contributed by atoms with Gasteiger partial charge in [0.1, 0.15) is 6.54 Å². The van der Waals surface area contributed by atoms with Crippen molar-refractivity contribution < 1.29 is 19.4 Å². The molecule has 0 saturated carbocycles. The number of hydrogen-bond acceptors (Lipinski definition) is 8. The lowest BCUT2D eigenvalue weighted by Crippen LogP contribution is -2.41. The van der Waals surface area contributed by atoms with Gasteiger partial charge in [-0.05, 0) is 42.8 Å². The van der Waals surface area contributed by atoms with Gasteiger partial charge >= 0.3 is 0 Å². The zero-order valence-corrected chi connectivity index (χ0v) is 21.9. The minimum Gasteiger partial charge on any atom is -0.391 e. The molecule has 0 bridgehead atoms. The van der Waals surface area contributed by atoms with Gasteiger partial charge in [-0.15, -0.1) is 11.3 Å². The van der Waals surface area contributed by atoms with Crippen molar-refractivity contribution in [1.29, 1.82) is 0 Å². The summed E-state index contributed by atoms with van der Waals surface area (Å²) < 4.78 is 5.41. The van der Waals surface area contributed by atoms with E-state index in [0.29, 0.717) is 47.6 Å². The van der Waals surface area contributed by atoms with Crippen LogP contribution in [0, 0.1) is 0 Å². The molecule has 1 saturated heterocycles. The molecule has 4 heterocycles. The molecule has 37 heavy (non-hydrogen) atoms. The molecule has 194 valence electrons. The van der Waals surface area contributed by atoms with E-state index in [1.54, 1.807) is 19.2 Å². The van der Waals surface area contributed by atoms with Crippen LogP contribution in [0.15, 0.2) is 41.9 Å². The van der Waals surface area contributed by atoms with Crippen molar-refractivity contribution in [2.45, 2.75) is 44.5 Å². The molecule has 2 aliphatic heterocycles. The van der Waals surface area contributed by atoms with Gasteiger partial charge in [0.05, 0.1) is 29.1 Å². The smallest absolute Gasteiger partial charge is 0.254 e. The van der Waals surface area contributed by atoms with Crippen LogP contribution < -0.4 is 10.6 Å². The van der Waals surface area contributed by atoms with Crippen LogP contribution in [0.1, 0.15) is 46.6 Å². The van der Waals surface area contributed by atoms with Gasteiger partial charge in [-0.25, -0.2) is 9.97 Å². The summed E-state index contributed by atoms with van der Waals surface area (Å²) in [6.07, 6.45) is 2.55. The summed E-state index contributed by atoms with van der Waals surface area (Å²) in [6.45, 7) is 3.26. The van der Waals surface area contributed by atoms with Crippen LogP contribution in [0.25, 0.3) is 11.3 Å². The highest BCUT2D eigenvalue weighted by Gasteiger charge is 2.31. The fraction of sp³-hybridized carbons (Fsp3) is 0.385. The summed E-state index contributed by atoms with van der Waals surface area (Å²) in [5.41, 5.74) is 2.59. The van der Waals surface area contributed by atoms with E-state index in [2.05, 4.69) is 20.6 Å². The molecule has 2 atom stereocenters. The first-order valence-electron chi connectivity index (χ1n) is 12.2. The minimum absolute atomic E-state index is 0.106. The van der Waals surface area contributed by atoms with E-state index in [1.165, 1.54) is 16.2 Å². The average molecular weight is 542 g/mol. The van der Waals surface area contributed by atoms with Crippen molar-refractivity contribution in [3.8, 4) is 11.3 Å². The van der Waals surface area contributed by atoms with Crippen molar-refractivity contribution in [3.63, 3.8) is 0 Å². The molecule has 1 fully saturated rings. The Balaban J connectivity index is 1.29. The van der Waals surface area contributed by atoms with Crippen LogP contribution in [0.4, 0.5) is 5.95 Å². The molecule has 2 amide bonds. The standard InChI is InChI=1S/C26H28ClN5O4S/c1-15(33)23(21-3-2-10-37-21)30-22(34)14-32-13-17-5-4-16(11-19(17)25(32)35)24-20(27)12-28-26(31-24)29-18-6-8-36-9-7-18/h2-5,10-12,15,18,23,33H,6-9,13-14H2,1H3,(H,30,34)(H,28,29,31)/t15-,23+/m0/s1. The van der Waals surface area contributed by atoms with E-state index < -0.39 is 12.1 Å². The van der Waals surface area contributed by atoms with Crippen LogP contribution in [0.2, 0.25) is 5.02 Å². The number of rotatable bonds is 8. The molecule has 0 radical (unpaired) electrons. The van der Waals surface area contributed by atoms with Crippen molar-refractivity contribution >= 4 is 40.7 Å². The fourth-order valence-corrected chi connectivity index (χ4v) is 5.66. The Hall–Kier alpha value is -3.05. The number of hydrogen-bond donors (Lipinski definition) is 3. The Bertz CT molecular complexity index is 1280. The van der Waals surface area contributed by atoms with Gasteiger partial charge in [0, 0.05) is 41.8 Å². The molecular formula is C26H28ClN5O4S. The number of carbonyl (C=O) groups excluding carboxylic acids is 2. The molecule has 1 aromatic carbocycles. The first kappa shape index (κ1) is 25.6. The highest BCUT2D eigenvalue weighted by atomic mass is 35.5. The number of halogens is 1. The maximum Gasteiger partial charge on any atom is 0.254 e. The van der Waals surface area contributed by atoms with Gasteiger partial charge < -0.3 is 25.4 Å². The molecule has 3 aromatic rings. The zero-order valence-electron chi connectivity index (χ0n) is 20.3. The van der Waals surface area contributed by atoms with Crippen LogP contribution in [-0.2, 0) is 16.1 Å². The molecule has 0 spiro atoms. The lowest BCUT2D eigenvalue weighted by Gasteiger charge is -2.23. The summed E-state index contributed by atoms with van der Waals surface area (Å²) in [5, 5.41) is 18.6. The van der Waals surface area contributed by atoms with Crippen molar-refractivity contribution in [2.24, 2.45) is 0 Å². The number of thiophene rings is 1. The van der Waals surface area contributed by atoms with Crippen LogP contribution in [0.5, 0.6) is 0 Å². The summed E-state index contributed by atoms with van der Waals surface area (Å²) >= 11 is 7.89. The number of carbonyl (C=O) groups is 2. The molecule has 5 rings (SSSR count). The van der Waals surface area contributed by atoms with Crippen LogP contribution in [0.3, 0.4) is 0 Å². The summed E-state index contributed by atoms with van der Waals surface area (Å²) in [5.74, 6) is -0.0827. The number of amides is 2. The van der Waals surface area contributed by atoms with Crippen LogP contribution >= 0.6 is 22.9 Å². The van der Waals surface area contributed by atoms with E-state index in [4.69, 9.17) is 16.3 Å². The van der Waals surface area contributed by atoms with Crippen molar-refractivity contribution in [2.75, 3.05) is 25.1 Å². The lowest BCUT2D eigenvalue weighted by atomic mass is 10.0. The highest BCUT2D eigenvalue weighted by molar-refractivity contribution is 7.10. The van der Waals surface area contributed by atoms with Gasteiger partial charge in [-0.2, -0.15) is 0 Å². The molecule has 3 N–H and O–H groups in total. The summed E-state index contributed by atoms with van der Waals surface area (Å²) in [6, 6.07) is 8.96. The second-order valence-corrected chi connectivity index (χ2v) is 10.6. The van der Waals surface area contributed by atoms with Crippen LogP contribution in [-0.4, -0.2) is 63.7 Å². The number of benzene rings is 1. The predicted octanol–water partition coefficient (Wildman–Crippen LogP) is 3.64. The second kappa shape index (κ2) is 11.1. The first-order valence-corrected chi connectivity index (χ1v) is 13.4. The topological polar surface area (TPSA) is 117 Å². The maximum atomic E-state index is 13.2. The number of aliphatic hydroxyl groups excluding tert-OH is 1. The Morgan fingerprint density at radius 3 is 2.86 bits per heavy atom. The largest absolute Gasteiger partial charge is 0.391 e. The Morgan fingerprint density at radius 1 is 1.32 bits per heavy atom. The predicted molar refractivity (Wildman–Crippen MR) is 142 cm³/mol. The molecule has 9 nitrogen and oxygen atoms in total. The number of aliphatic hydroxyl groups is 1. The summed E-state index contributed by atoms with van der Waals surface area (Å²) in [7, 11) is 0. The molecule has 2 aliphatic rings. The van der Waals surface area contributed by atoms with Crippen molar-refractivity contribution in [3.05, 3.63) is 62.9 Å².